The predicted octanol–water partition coefficient (Wildman–Crippen LogP) is 4.30. The summed E-state index contributed by atoms with van der Waals surface area (Å²) < 4.78 is 12.9. The highest BCUT2D eigenvalue weighted by Gasteiger charge is 2.11. The zero-order chi connectivity index (χ0) is 18.4. The van der Waals surface area contributed by atoms with E-state index in [9.17, 15) is 14.0 Å². The third-order valence-corrected chi connectivity index (χ3v) is 3.75. The van der Waals surface area contributed by atoms with Crippen LogP contribution in [0.2, 0.25) is 0 Å². The number of anilines is 1. The molecule has 0 heterocycles. The van der Waals surface area contributed by atoms with E-state index < -0.39 is 0 Å². The van der Waals surface area contributed by atoms with Gasteiger partial charge >= 0.3 is 0 Å². The molecule has 0 aromatic heterocycles. The van der Waals surface area contributed by atoms with E-state index in [1.165, 1.54) is 24.3 Å². The molecule has 0 fully saturated rings. The van der Waals surface area contributed by atoms with Crippen LogP contribution in [-0.2, 0) is 4.79 Å². The van der Waals surface area contributed by atoms with Crippen LogP contribution in [-0.4, -0.2) is 11.8 Å². The Kier molecular flexibility index (Phi) is 6.28. The first-order valence-electron chi connectivity index (χ1n) is 8.31. The highest BCUT2D eigenvalue weighted by Crippen LogP contribution is 2.17. The maximum atomic E-state index is 12.9. The van der Waals surface area contributed by atoms with Gasteiger partial charge in [-0.1, -0.05) is 26.0 Å². The lowest BCUT2D eigenvalue weighted by Gasteiger charge is -2.16. The van der Waals surface area contributed by atoms with Crippen LogP contribution in [0.25, 0.3) is 0 Å². The molecule has 2 amide bonds. The Bertz CT molecular complexity index is 724. The topological polar surface area (TPSA) is 58.2 Å². The van der Waals surface area contributed by atoms with Gasteiger partial charge in [-0.05, 0) is 54.8 Å². The lowest BCUT2D eigenvalue weighted by atomic mass is 10.1. The molecule has 1 atom stereocenters. The van der Waals surface area contributed by atoms with Gasteiger partial charge in [-0.15, -0.1) is 0 Å². The molecule has 0 bridgehead atoms. The lowest BCUT2D eigenvalue weighted by molar-refractivity contribution is -0.122. The molecule has 5 heteroatoms. The third kappa shape index (κ3) is 5.71. The number of nitrogens with one attached hydrogen (secondary N) is 2. The summed E-state index contributed by atoms with van der Waals surface area (Å²) in [6, 6.07) is 12.5. The van der Waals surface area contributed by atoms with Gasteiger partial charge in [0.05, 0.1) is 6.04 Å². The Morgan fingerprint density at radius 1 is 0.960 bits per heavy atom. The van der Waals surface area contributed by atoms with E-state index in [4.69, 9.17) is 0 Å². The average Bonchev–Trinajstić information content (AvgIpc) is 2.55. The number of halogens is 1. The Labute approximate surface area is 147 Å². The van der Waals surface area contributed by atoms with Gasteiger partial charge in [0.1, 0.15) is 5.82 Å². The van der Waals surface area contributed by atoms with Gasteiger partial charge < -0.3 is 10.6 Å². The first-order chi connectivity index (χ1) is 11.8. The maximum absolute atomic E-state index is 12.9. The fraction of sp³-hybridized carbons (Fsp3) is 0.300. The summed E-state index contributed by atoms with van der Waals surface area (Å²) in [6.07, 6.45) is 0.496. The van der Waals surface area contributed by atoms with Gasteiger partial charge in [-0.3, -0.25) is 9.59 Å². The third-order valence-electron chi connectivity index (χ3n) is 3.75. The highest BCUT2D eigenvalue weighted by molar-refractivity contribution is 6.04. The van der Waals surface area contributed by atoms with E-state index in [0.29, 0.717) is 23.6 Å². The SMILES string of the molecule is CC(C)CC(=O)NC(C)c1ccc(NC(=O)c2ccc(F)cc2)cc1. The second-order valence-electron chi connectivity index (χ2n) is 6.47. The number of rotatable bonds is 6. The molecule has 0 spiro atoms. The molecule has 25 heavy (non-hydrogen) atoms. The summed E-state index contributed by atoms with van der Waals surface area (Å²) in [6.45, 7) is 5.93. The van der Waals surface area contributed by atoms with Crippen LogP contribution < -0.4 is 10.6 Å². The molecule has 2 aromatic carbocycles. The van der Waals surface area contributed by atoms with Crippen LogP contribution >= 0.6 is 0 Å². The zero-order valence-corrected chi connectivity index (χ0v) is 14.7. The summed E-state index contributed by atoms with van der Waals surface area (Å²) in [7, 11) is 0. The van der Waals surface area contributed by atoms with Crippen molar-refractivity contribution in [2.45, 2.75) is 33.2 Å². The minimum atomic E-state index is -0.380. The molecule has 132 valence electrons. The van der Waals surface area contributed by atoms with Crippen molar-refractivity contribution in [2.24, 2.45) is 5.92 Å². The van der Waals surface area contributed by atoms with E-state index in [-0.39, 0.29) is 23.7 Å². The fourth-order valence-corrected chi connectivity index (χ4v) is 2.41. The molecule has 0 saturated carbocycles. The number of hydrogen-bond donors (Lipinski definition) is 2. The number of amides is 2. The number of carbonyl (C=O) groups excluding carboxylic acids is 2. The minimum absolute atomic E-state index is 0.0242. The summed E-state index contributed by atoms with van der Waals surface area (Å²) >= 11 is 0. The van der Waals surface area contributed by atoms with E-state index in [0.717, 1.165) is 5.56 Å². The van der Waals surface area contributed by atoms with Crippen molar-refractivity contribution >= 4 is 17.5 Å². The van der Waals surface area contributed by atoms with Crippen LogP contribution in [0.3, 0.4) is 0 Å². The van der Waals surface area contributed by atoms with Crippen LogP contribution in [0.5, 0.6) is 0 Å². The monoisotopic (exact) mass is 342 g/mol. The van der Waals surface area contributed by atoms with Crippen molar-refractivity contribution in [3.05, 3.63) is 65.5 Å². The summed E-state index contributed by atoms with van der Waals surface area (Å²) in [4.78, 5) is 23.9. The highest BCUT2D eigenvalue weighted by atomic mass is 19.1. The van der Waals surface area contributed by atoms with Crippen molar-refractivity contribution in [2.75, 3.05) is 5.32 Å². The lowest BCUT2D eigenvalue weighted by Crippen LogP contribution is -2.27. The van der Waals surface area contributed by atoms with Gasteiger partial charge in [0.2, 0.25) is 5.91 Å². The Morgan fingerprint density at radius 2 is 1.56 bits per heavy atom. The smallest absolute Gasteiger partial charge is 0.255 e. The second kappa shape index (κ2) is 8.42. The zero-order valence-electron chi connectivity index (χ0n) is 14.7. The van der Waals surface area contributed by atoms with Crippen LogP contribution in [0.4, 0.5) is 10.1 Å². The summed E-state index contributed by atoms with van der Waals surface area (Å²) in [5, 5.41) is 5.72. The Hall–Kier alpha value is -2.69. The molecule has 0 radical (unpaired) electrons. The van der Waals surface area contributed by atoms with Gasteiger partial charge in [0, 0.05) is 17.7 Å². The van der Waals surface area contributed by atoms with E-state index in [1.54, 1.807) is 12.1 Å². The van der Waals surface area contributed by atoms with E-state index in [2.05, 4.69) is 10.6 Å². The summed E-state index contributed by atoms with van der Waals surface area (Å²) in [5.74, 6) is -0.340. The first-order valence-corrected chi connectivity index (χ1v) is 8.31. The van der Waals surface area contributed by atoms with E-state index >= 15 is 0 Å². The molecule has 1 unspecified atom stereocenters. The van der Waals surface area contributed by atoms with Gasteiger partial charge in [0.15, 0.2) is 0 Å². The minimum Gasteiger partial charge on any atom is -0.350 e. The van der Waals surface area contributed by atoms with Crippen LogP contribution in [0.1, 0.15) is 49.2 Å². The molecule has 4 nitrogen and oxygen atoms in total. The molecule has 0 aliphatic heterocycles. The average molecular weight is 342 g/mol. The molecule has 0 saturated heterocycles. The van der Waals surface area contributed by atoms with Crippen molar-refractivity contribution < 1.29 is 14.0 Å². The van der Waals surface area contributed by atoms with Crippen molar-refractivity contribution in [3.8, 4) is 0 Å². The molecular weight excluding hydrogens is 319 g/mol. The Balaban J connectivity index is 1.96. The largest absolute Gasteiger partial charge is 0.350 e. The predicted molar refractivity (Wildman–Crippen MR) is 96.8 cm³/mol. The van der Waals surface area contributed by atoms with Gasteiger partial charge in [-0.2, -0.15) is 0 Å². The maximum Gasteiger partial charge on any atom is 0.255 e. The molecule has 2 aromatic rings. The van der Waals surface area contributed by atoms with Crippen molar-refractivity contribution in [3.63, 3.8) is 0 Å². The first kappa shape index (κ1) is 18.6. The number of benzene rings is 2. The van der Waals surface area contributed by atoms with Gasteiger partial charge in [-0.25, -0.2) is 4.39 Å². The van der Waals surface area contributed by atoms with Crippen molar-refractivity contribution in [1.29, 1.82) is 0 Å². The summed E-state index contributed by atoms with van der Waals surface area (Å²) in [5.41, 5.74) is 1.98. The second-order valence-corrected chi connectivity index (χ2v) is 6.47. The molecule has 0 aliphatic carbocycles. The molecule has 0 aliphatic rings. The molecular formula is C20H23FN2O2. The normalized spacial score (nSPS) is 11.9. The van der Waals surface area contributed by atoms with Crippen LogP contribution in [0, 0.1) is 11.7 Å². The standard InChI is InChI=1S/C20H23FN2O2/c1-13(2)12-19(24)22-14(3)15-6-10-18(11-7-15)23-20(25)16-4-8-17(21)9-5-16/h4-11,13-14H,12H2,1-3H3,(H,22,24)(H,23,25). The fourth-order valence-electron chi connectivity index (χ4n) is 2.41. The van der Waals surface area contributed by atoms with Crippen LogP contribution in [0.15, 0.2) is 48.5 Å². The quantitative estimate of drug-likeness (QED) is 0.822. The van der Waals surface area contributed by atoms with Crippen molar-refractivity contribution in [1.82, 2.24) is 5.32 Å². The Morgan fingerprint density at radius 3 is 2.12 bits per heavy atom. The molecule has 2 rings (SSSR count). The number of hydrogen-bond acceptors (Lipinski definition) is 2. The molecule has 2 N–H and O–H groups in total. The van der Waals surface area contributed by atoms with E-state index in [1.807, 2.05) is 32.9 Å². The van der Waals surface area contributed by atoms with Gasteiger partial charge in [0.25, 0.3) is 5.91 Å². The number of carbonyl (C=O) groups is 2.